The molecular weight excluding hydrogens is 392 g/mol. The normalized spacial score (nSPS) is 11.1. The van der Waals surface area contributed by atoms with Gasteiger partial charge in [-0.25, -0.2) is 4.98 Å². The van der Waals surface area contributed by atoms with E-state index in [4.69, 9.17) is 9.15 Å². The van der Waals surface area contributed by atoms with Gasteiger partial charge in [0.1, 0.15) is 11.3 Å². The molecule has 0 aliphatic rings. The van der Waals surface area contributed by atoms with Gasteiger partial charge in [-0.1, -0.05) is 0 Å². The van der Waals surface area contributed by atoms with Gasteiger partial charge in [-0.2, -0.15) is 0 Å². The van der Waals surface area contributed by atoms with E-state index in [1.165, 1.54) is 9.75 Å². The summed E-state index contributed by atoms with van der Waals surface area (Å²) in [5.41, 5.74) is 2.64. The van der Waals surface area contributed by atoms with Crippen molar-refractivity contribution in [2.75, 3.05) is 13.7 Å². The number of aromatic nitrogens is 1. The van der Waals surface area contributed by atoms with Crippen LogP contribution >= 0.6 is 22.7 Å². The standard InChI is InChI=1S/C21H20N2O3S2/c1-13-23-18(12-27-13)20-6-4-16(28-20)7-8-22-21(24)9-14-11-26-19-10-15(25-2)3-5-17(14)19/h3-6,10-12H,7-9H2,1-2H3,(H,22,24). The van der Waals surface area contributed by atoms with Crippen LogP contribution in [0.5, 0.6) is 5.75 Å². The van der Waals surface area contributed by atoms with Gasteiger partial charge in [0.25, 0.3) is 0 Å². The molecule has 3 aromatic heterocycles. The molecule has 0 aliphatic heterocycles. The van der Waals surface area contributed by atoms with Crippen molar-refractivity contribution in [3.63, 3.8) is 0 Å². The predicted octanol–water partition coefficient (Wildman–Crippen LogP) is 4.84. The van der Waals surface area contributed by atoms with Gasteiger partial charge in [0, 0.05) is 33.8 Å². The second-order valence-corrected chi connectivity index (χ2v) is 8.65. The van der Waals surface area contributed by atoms with Gasteiger partial charge in [0.05, 0.1) is 35.4 Å². The van der Waals surface area contributed by atoms with Crippen LogP contribution in [-0.4, -0.2) is 24.5 Å². The first-order chi connectivity index (χ1) is 13.6. The van der Waals surface area contributed by atoms with Gasteiger partial charge in [0.15, 0.2) is 0 Å². The van der Waals surface area contributed by atoms with Crippen molar-refractivity contribution in [1.29, 1.82) is 0 Å². The summed E-state index contributed by atoms with van der Waals surface area (Å²) in [6.07, 6.45) is 2.75. The number of nitrogens with zero attached hydrogens (tertiary/aromatic N) is 1. The van der Waals surface area contributed by atoms with E-state index in [1.54, 1.807) is 36.0 Å². The zero-order valence-electron chi connectivity index (χ0n) is 15.7. The van der Waals surface area contributed by atoms with Crippen LogP contribution in [0.4, 0.5) is 0 Å². The lowest BCUT2D eigenvalue weighted by Gasteiger charge is -2.04. The maximum atomic E-state index is 12.3. The van der Waals surface area contributed by atoms with Crippen molar-refractivity contribution in [3.8, 4) is 16.3 Å². The maximum absolute atomic E-state index is 12.3. The molecule has 7 heteroatoms. The highest BCUT2D eigenvalue weighted by Crippen LogP contribution is 2.29. The fraction of sp³-hybridized carbons (Fsp3) is 0.238. The van der Waals surface area contributed by atoms with Crippen LogP contribution in [0.3, 0.4) is 0 Å². The Labute approximate surface area is 171 Å². The van der Waals surface area contributed by atoms with E-state index in [0.717, 1.165) is 39.4 Å². The monoisotopic (exact) mass is 412 g/mol. The van der Waals surface area contributed by atoms with Crippen LogP contribution in [0.15, 0.2) is 46.4 Å². The molecule has 5 nitrogen and oxygen atoms in total. The first-order valence-electron chi connectivity index (χ1n) is 8.94. The molecule has 0 saturated carbocycles. The number of methoxy groups -OCH3 is 1. The van der Waals surface area contributed by atoms with E-state index in [2.05, 4.69) is 27.8 Å². The minimum absolute atomic E-state index is 0.00887. The number of hydrogen-bond acceptors (Lipinski definition) is 6. The molecule has 1 amide bonds. The van der Waals surface area contributed by atoms with Gasteiger partial charge in [-0.3, -0.25) is 4.79 Å². The lowest BCUT2D eigenvalue weighted by atomic mass is 10.1. The number of rotatable bonds is 7. The number of thiazole rings is 1. The van der Waals surface area contributed by atoms with Crippen molar-refractivity contribution in [1.82, 2.24) is 10.3 Å². The Morgan fingerprint density at radius 1 is 1.29 bits per heavy atom. The summed E-state index contributed by atoms with van der Waals surface area (Å²) in [6, 6.07) is 9.83. The van der Waals surface area contributed by atoms with E-state index in [-0.39, 0.29) is 5.91 Å². The van der Waals surface area contributed by atoms with Crippen LogP contribution in [0.1, 0.15) is 15.4 Å². The first-order valence-corrected chi connectivity index (χ1v) is 10.6. The van der Waals surface area contributed by atoms with E-state index >= 15 is 0 Å². The molecule has 1 aromatic carbocycles. The Hall–Kier alpha value is -2.64. The average Bonchev–Trinajstić information content (AvgIpc) is 3.42. The molecule has 144 valence electrons. The number of fused-ring (bicyclic) bond motifs is 1. The zero-order chi connectivity index (χ0) is 19.5. The summed E-state index contributed by atoms with van der Waals surface area (Å²) in [5.74, 6) is 0.728. The number of benzene rings is 1. The summed E-state index contributed by atoms with van der Waals surface area (Å²) < 4.78 is 10.7. The van der Waals surface area contributed by atoms with Gasteiger partial charge in [0.2, 0.25) is 5.91 Å². The highest BCUT2D eigenvalue weighted by Gasteiger charge is 2.11. The number of amides is 1. The molecule has 0 bridgehead atoms. The second-order valence-electron chi connectivity index (χ2n) is 6.42. The average molecular weight is 413 g/mol. The second kappa shape index (κ2) is 8.16. The number of nitrogens with one attached hydrogen (secondary N) is 1. The molecule has 0 aliphatic carbocycles. The molecular formula is C21H20N2O3S2. The quantitative estimate of drug-likeness (QED) is 0.472. The molecule has 0 atom stereocenters. The number of hydrogen-bond donors (Lipinski definition) is 1. The predicted molar refractivity (Wildman–Crippen MR) is 113 cm³/mol. The van der Waals surface area contributed by atoms with Gasteiger partial charge >= 0.3 is 0 Å². The van der Waals surface area contributed by atoms with Crippen molar-refractivity contribution < 1.29 is 13.9 Å². The molecule has 0 radical (unpaired) electrons. The highest BCUT2D eigenvalue weighted by molar-refractivity contribution is 7.16. The summed E-state index contributed by atoms with van der Waals surface area (Å²) in [6.45, 7) is 2.62. The van der Waals surface area contributed by atoms with E-state index in [1.807, 2.05) is 25.1 Å². The fourth-order valence-electron chi connectivity index (χ4n) is 3.01. The SMILES string of the molecule is COc1ccc2c(CC(=O)NCCc3ccc(-c4csc(C)n4)s3)coc2c1. The summed E-state index contributed by atoms with van der Waals surface area (Å²) in [5, 5.41) is 7.09. The van der Waals surface area contributed by atoms with Gasteiger partial charge in [-0.15, -0.1) is 22.7 Å². The third kappa shape index (κ3) is 4.10. The van der Waals surface area contributed by atoms with Gasteiger partial charge in [-0.05, 0) is 37.6 Å². The minimum atomic E-state index is -0.00887. The third-order valence-electron chi connectivity index (χ3n) is 4.44. The minimum Gasteiger partial charge on any atom is -0.497 e. The fourth-order valence-corrected chi connectivity index (χ4v) is 4.67. The molecule has 0 spiro atoms. The van der Waals surface area contributed by atoms with Crippen molar-refractivity contribution in [2.24, 2.45) is 0 Å². The number of carbonyl (C=O) groups excluding carboxylic acids is 1. The van der Waals surface area contributed by atoms with Crippen molar-refractivity contribution in [2.45, 2.75) is 19.8 Å². The highest BCUT2D eigenvalue weighted by atomic mass is 32.1. The summed E-state index contributed by atoms with van der Waals surface area (Å²) >= 11 is 3.39. The van der Waals surface area contributed by atoms with Crippen LogP contribution in [0, 0.1) is 6.92 Å². The number of ether oxygens (including phenoxy) is 1. The number of aryl methyl sites for hydroxylation is 1. The first kappa shape index (κ1) is 18.7. The number of thiophene rings is 1. The summed E-state index contributed by atoms with van der Waals surface area (Å²) in [7, 11) is 1.62. The van der Waals surface area contributed by atoms with Crippen LogP contribution in [0.2, 0.25) is 0 Å². The van der Waals surface area contributed by atoms with E-state index in [9.17, 15) is 4.79 Å². The third-order valence-corrected chi connectivity index (χ3v) is 6.38. The Morgan fingerprint density at radius 3 is 2.96 bits per heavy atom. The Balaban J connectivity index is 1.31. The lowest BCUT2D eigenvalue weighted by molar-refractivity contribution is -0.120. The Morgan fingerprint density at radius 2 is 2.18 bits per heavy atom. The maximum Gasteiger partial charge on any atom is 0.224 e. The molecule has 4 rings (SSSR count). The topological polar surface area (TPSA) is 64.4 Å². The molecule has 0 saturated heterocycles. The molecule has 28 heavy (non-hydrogen) atoms. The van der Waals surface area contributed by atoms with Crippen LogP contribution in [0.25, 0.3) is 21.5 Å². The van der Waals surface area contributed by atoms with Crippen molar-refractivity contribution >= 4 is 39.5 Å². The molecule has 1 N–H and O–H groups in total. The lowest BCUT2D eigenvalue weighted by Crippen LogP contribution is -2.26. The molecule has 0 fully saturated rings. The zero-order valence-corrected chi connectivity index (χ0v) is 17.3. The van der Waals surface area contributed by atoms with Crippen LogP contribution < -0.4 is 10.1 Å². The van der Waals surface area contributed by atoms with E-state index in [0.29, 0.717) is 13.0 Å². The van der Waals surface area contributed by atoms with Gasteiger partial charge < -0.3 is 14.5 Å². The van der Waals surface area contributed by atoms with Crippen molar-refractivity contribution in [3.05, 3.63) is 57.4 Å². The van der Waals surface area contributed by atoms with Crippen LogP contribution in [-0.2, 0) is 17.6 Å². The smallest absolute Gasteiger partial charge is 0.224 e. The Kier molecular flexibility index (Phi) is 5.45. The molecule has 3 heterocycles. The molecule has 4 aromatic rings. The summed E-state index contributed by atoms with van der Waals surface area (Å²) in [4.78, 5) is 19.2. The van der Waals surface area contributed by atoms with E-state index < -0.39 is 0 Å². The number of carbonyl (C=O) groups is 1. The Bertz CT molecular complexity index is 1110. The largest absolute Gasteiger partial charge is 0.497 e. The number of furan rings is 1. The molecule has 0 unspecified atom stereocenters.